The van der Waals surface area contributed by atoms with Crippen molar-refractivity contribution >= 4 is 16.7 Å². The molecule has 0 spiro atoms. The first-order valence-electron chi connectivity index (χ1n) is 10.5. The number of pyridine rings is 1. The number of ketones is 1. The number of hydrogen-bond donors (Lipinski definition) is 1. The van der Waals surface area contributed by atoms with E-state index in [9.17, 15) is 4.79 Å². The lowest BCUT2D eigenvalue weighted by atomic mass is 10.0. The molecule has 0 aliphatic carbocycles. The summed E-state index contributed by atoms with van der Waals surface area (Å²) in [7, 11) is 0. The van der Waals surface area contributed by atoms with Crippen molar-refractivity contribution in [2.75, 3.05) is 0 Å². The van der Waals surface area contributed by atoms with Gasteiger partial charge in [-0.1, -0.05) is 18.2 Å². The second-order valence-corrected chi connectivity index (χ2v) is 8.04. The van der Waals surface area contributed by atoms with Gasteiger partial charge in [0.1, 0.15) is 5.69 Å². The van der Waals surface area contributed by atoms with Crippen LogP contribution in [0.15, 0.2) is 73.3 Å². The van der Waals surface area contributed by atoms with Crippen LogP contribution in [0.1, 0.15) is 32.7 Å². The van der Waals surface area contributed by atoms with Crippen molar-refractivity contribution in [2.45, 2.75) is 19.9 Å². The number of aryl methyl sites for hydroxylation is 1. The van der Waals surface area contributed by atoms with Crippen LogP contribution in [0, 0.1) is 18.3 Å². The highest BCUT2D eigenvalue weighted by molar-refractivity contribution is 6.07. The number of nitrogens with zero attached hydrogens (tertiary/aromatic N) is 5. The second-order valence-electron chi connectivity index (χ2n) is 8.04. The number of fused-ring (bicyclic) bond motifs is 1. The van der Waals surface area contributed by atoms with E-state index in [2.05, 4.69) is 32.4 Å². The number of carbonyl (C=O) groups is 1. The molecule has 3 aromatic heterocycles. The Morgan fingerprint density at radius 2 is 1.97 bits per heavy atom. The second kappa shape index (κ2) is 8.52. The summed E-state index contributed by atoms with van der Waals surface area (Å²) in [5.41, 5.74) is 6.77. The van der Waals surface area contributed by atoms with Gasteiger partial charge in [0, 0.05) is 36.0 Å². The van der Waals surface area contributed by atoms with Crippen molar-refractivity contribution in [1.29, 1.82) is 5.26 Å². The largest absolute Gasteiger partial charge is 0.292 e. The zero-order valence-electron chi connectivity index (χ0n) is 18.0. The highest BCUT2D eigenvalue weighted by Gasteiger charge is 2.16. The molecule has 2 aromatic carbocycles. The van der Waals surface area contributed by atoms with E-state index in [4.69, 9.17) is 5.26 Å². The first kappa shape index (κ1) is 20.3. The van der Waals surface area contributed by atoms with Gasteiger partial charge in [0.2, 0.25) is 0 Å². The monoisotopic (exact) mass is 432 g/mol. The number of aromatic nitrogens is 5. The molecule has 5 rings (SSSR count). The smallest absolute Gasteiger partial charge is 0.188 e. The number of H-pyrrole nitrogens is 1. The maximum atomic E-state index is 13.0. The average Bonchev–Trinajstić information content (AvgIpc) is 3.45. The molecule has 0 amide bonds. The summed E-state index contributed by atoms with van der Waals surface area (Å²) in [4.78, 5) is 17.2. The third kappa shape index (κ3) is 4.27. The third-order valence-corrected chi connectivity index (χ3v) is 5.49. The van der Waals surface area contributed by atoms with E-state index < -0.39 is 0 Å². The van der Waals surface area contributed by atoms with Crippen LogP contribution in [-0.2, 0) is 13.0 Å². The SMILES string of the molecule is Cc1cncc(-c2ccc3c(C(=O)Cc4cnn(Cc5cccc(C#N)c5)c4)n[nH]c3c2)c1. The van der Waals surface area contributed by atoms with E-state index in [1.165, 1.54) is 0 Å². The Morgan fingerprint density at radius 3 is 2.82 bits per heavy atom. The Balaban J connectivity index is 1.33. The summed E-state index contributed by atoms with van der Waals surface area (Å²) >= 11 is 0. The van der Waals surface area contributed by atoms with Gasteiger partial charge in [-0.05, 0) is 59.5 Å². The Kier molecular flexibility index (Phi) is 5.25. The fraction of sp³-hybridized carbons (Fsp3) is 0.115. The fourth-order valence-electron chi connectivity index (χ4n) is 3.90. The molecule has 0 aliphatic heterocycles. The zero-order chi connectivity index (χ0) is 22.8. The van der Waals surface area contributed by atoms with Gasteiger partial charge < -0.3 is 0 Å². The van der Waals surface area contributed by atoms with Crippen molar-refractivity contribution in [3.05, 3.63) is 101 Å². The van der Waals surface area contributed by atoms with Crippen LogP contribution in [0.4, 0.5) is 0 Å². The number of nitrogens with one attached hydrogen (secondary N) is 1. The van der Waals surface area contributed by atoms with Gasteiger partial charge in [0.25, 0.3) is 0 Å². The first-order valence-corrected chi connectivity index (χ1v) is 10.5. The molecule has 3 heterocycles. The molecule has 160 valence electrons. The van der Waals surface area contributed by atoms with Gasteiger partial charge >= 0.3 is 0 Å². The van der Waals surface area contributed by atoms with Crippen LogP contribution >= 0.6 is 0 Å². The molecular formula is C26H20N6O. The van der Waals surface area contributed by atoms with Crippen LogP contribution in [0.5, 0.6) is 0 Å². The quantitative estimate of drug-likeness (QED) is 0.399. The summed E-state index contributed by atoms with van der Waals surface area (Å²) in [5, 5.41) is 21.5. The zero-order valence-corrected chi connectivity index (χ0v) is 18.0. The summed E-state index contributed by atoms with van der Waals surface area (Å²) < 4.78 is 1.77. The Labute approximate surface area is 190 Å². The van der Waals surface area contributed by atoms with Crippen LogP contribution < -0.4 is 0 Å². The van der Waals surface area contributed by atoms with E-state index in [-0.39, 0.29) is 12.2 Å². The summed E-state index contributed by atoms with van der Waals surface area (Å²) in [6.07, 6.45) is 7.41. The van der Waals surface area contributed by atoms with Crippen LogP contribution in [0.3, 0.4) is 0 Å². The van der Waals surface area contributed by atoms with Gasteiger partial charge in [-0.2, -0.15) is 15.5 Å². The van der Waals surface area contributed by atoms with Gasteiger partial charge in [-0.25, -0.2) is 0 Å². The number of carbonyl (C=O) groups excluding carboxylic acids is 1. The van der Waals surface area contributed by atoms with Gasteiger partial charge in [-0.15, -0.1) is 0 Å². The molecule has 0 saturated heterocycles. The number of rotatable bonds is 6. The topological polar surface area (TPSA) is 100 Å². The maximum absolute atomic E-state index is 13.0. The minimum absolute atomic E-state index is 0.0720. The van der Waals surface area contributed by atoms with Crippen LogP contribution in [0.25, 0.3) is 22.0 Å². The standard InChI is InChI=1S/C26H20N6O/c1-17-7-22(14-28-12-17)21-5-6-23-24(10-21)30-31-26(23)25(33)9-20-13-29-32(16-20)15-19-4-2-3-18(8-19)11-27/h2-8,10,12-14,16H,9,15H2,1H3,(H,30,31). The van der Waals surface area contributed by atoms with Crippen LogP contribution in [-0.4, -0.2) is 30.7 Å². The predicted molar refractivity (Wildman–Crippen MR) is 125 cm³/mol. The highest BCUT2D eigenvalue weighted by Crippen LogP contribution is 2.25. The van der Waals surface area contributed by atoms with Crippen molar-refractivity contribution in [1.82, 2.24) is 25.0 Å². The fourth-order valence-corrected chi connectivity index (χ4v) is 3.90. The van der Waals surface area contributed by atoms with E-state index in [1.807, 2.05) is 61.9 Å². The first-order chi connectivity index (χ1) is 16.1. The number of benzene rings is 2. The predicted octanol–water partition coefficient (Wildman–Crippen LogP) is 4.48. The Hall–Kier alpha value is -4.57. The summed E-state index contributed by atoms with van der Waals surface area (Å²) in [5.74, 6) is -0.0720. The lowest BCUT2D eigenvalue weighted by Crippen LogP contribution is -2.04. The molecule has 0 fully saturated rings. The number of aromatic amines is 1. The summed E-state index contributed by atoms with van der Waals surface area (Å²) in [6.45, 7) is 2.54. The molecule has 0 saturated carbocycles. The lowest BCUT2D eigenvalue weighted by molar-refractivity contribution is 0.0989. The molecular weight excluding hydrogens is 412 g/mol. The van der Waals surface area contributed by atoms with Crippen LogP contribution in [0.2, 0.25) is 0 Å². The maximum Gasteiger partial charge on any atom is 0.188 e. The molecule has 7 nitrogen and oxygen atoms in total. The molecule has 0 atom stereocenters. The number of Topliss-reactive ketones (excluding diaryl/α,β-unsaturated/α-hetero) is 1. The van der Waals surface area contributed by atoms with Gasteiger partial charge in [0.05, 0.1) is 29.9 Å². The molecule has 0 bridgehead atoms. The van der Waals surface area contributed by atoms with E-state index in [0.29, 0.717) is 17.8 Å². The molecule has 1 N–H and O–H groups in total. The van der Waals surface area contributed by atoms with Crippen molar-refractivity contribution in [3.63, 3.8) is 0 Å². The van der Waals surface area contributed by atoms with E-state index in [0.717, 1.165) is 38.7 Å². The normalized spacial score (nSPS) is 10.9. The third-order valence-electron chi connectivity index (χ3n) is 5.49. The minimum atomic E-state index is -0.0720. The average molecular weight is 432 g/mol. The number of hydrogen-bond acceptors (Lipinski definition) is 5. The summed E-state index contributed by atoms with van der Waals surface area (Å²) in [6, 6.07) is 17.5. The molecule has 0 aliphatic rings. The Morgan fingerprint density at radius 1 is 1.06 bits per heavy atom. The van der Waals surface area contributed by atoms with Crippen molar-refractivity contribution in [3.8, 4) is 17.2 Å². The van der Waals surface area contributed by atoms with Gasteiger partial charge in [-0.3, -0.25) is 19.6 Å². The van der Waals surface area contributed by atoms with Gasteiger partial charge in [0.15, 0.2) is 5.78 Å². The number of nitriles is 1. The Bertz CT molecular complexity index is 1520. The van der Waals surface area contributed by atoms with E-state index >= 15 is 0 Å². The highest BCUT2D eigenvalue weighted by atomic mass is 16.1. The molecule has 7 heteroatoms. The molecule has 33 heavy (non-hydrogen) atoms. The van der Waals surface area contributed by atoms with Crippen molar-refractivity contribution < 1.29 is 4.79 Å². The molecule has 0 unspecified atom stereocenters. The lowest BCUT2D eigenvalue weighted by Gasteiger charge is -2.03. The molecule has 0 radical (unpaired) electrons. The van der Waals surface area contributed by atoms with Crippen molar-refractivity contribution in [2.24, 2.45) is 0 Å². The minimum Gasteiger partial charge on any atom is -0.292 e. The van der Waals surface area contributed by atoms with E-state index in [1.54, 1.807) is 16.9 Å². The molecule has 5 aromatic rings.